The third kappa shape index (κ3) is 6.52. The van der Waals surface area contributed by atoms with Crippen LogP contribution in [0.2, 0.25) is 0 Å². The van der Waals surface area contributed by atoms with Gasteiger partial charge in [0.25, 0.3) is 0 Å². The Balaban J connectivity index is 1.44. The monoisotopic (exact) mass is 488 g/mol. The van der Waals surface area contributed by atoms with Gasteiger partial charge in [-0.25, -0.2) is 0 Å². The first-order valence-corrected chi connectivity index (χ1v) is 12.5. The summed E-state index contributed by atoms with van der Waals surface area (Å²) >= 11 is 2.78. The maximum absolute atomic E-state index is 13.3. The first kappa shape index (κ1) is 23.7. The van der Waals surface area contributed by atoms with Crippen molar-refractivity contribution in [3.63, 3.8) is 0 Å². The van der Waals surface area contributed by atoms with Crippen LogP contribution in [0.3, 0.4) is 0 Å². The standard InChI is InChI=1S/C26H24N4O2S2/c1-18(31)21-13-8-14-22(17-21)28-24(32)23(20-11-6-3-7-12-20)33-26-30-29-25(34-26)27-16-15-19-9-4-2-5-10-19/h2-14,17,23H,15-16H2,1H3,(H,27,29)(H,28,32). The average Bonchev–Trinajstić information content (AvgIpc) is 3.31. The minimum Gasteiger partial charge on any atom is -0.360 e. The molecular weight excluding hydrogens is 464 g/mol. The van der Waals surface area contributed by atoms with Crippen LogP contribution in [0, 0.1) is 0 Å². The predicted octanol–water partition coefficient (Wildman–Crippen LogP) is 5.87. The van der Waals surface area contributed by atoms with Gasteiger partial charge < -0.3 is 10.6 Å². The summed E-state index contributed by atoms with van der Waals surface area (Å²) in [4.78, 5) is 25.0. The number of carbonyl (C=O) groups is 2. The SMILES string of the molecule is CC(=O)c1cccc(NC(=O)C(Sc2nnc(NCCc3ccccc3)s2)c2ccccc2)c1. The molecule has 1 amide bonds. The van der Waals surface area contributed by atoms with Gasteiger partial charge in [0.1, 0.15) is 5.25 Å². The molecular formula is C26H24N4O2S2. The summed E-state index contributed by atoms with van der Waals surface area (Å²) in [6.45, 7) is 2.25. The number of nitrogens with one attached hydrogen (secondary N) is 2. The van der Waals surface area contributed by atoms with E-state index in [1.807, 2.05) is 48.5 Å². The van der Waals surface area contributed by atoms with Crippen molar-refractivity contribution in [1.82, 2.24) is 10.2 Å². The highest BCUT2D eigenvalue weighted by Crippen LogP contribution is 2.38. The number of Topliss-reactive ketones (excluding diaryl/α,β-unsaturated/α-hetero) is 1. The molecule has 1 unspecified atom stereocenters. The molecule has 0 spiro atoms. The van der Waals surface area contributed by atoms with Gasteiger partial charge in [0.15, 0.2) is 10.1 Å². The Kier molecular flexibility index (Phi) is 8.06. The normalized spacial score (nSPS) is 11.6. The van der Waals surface area contributed by atoms with E-state index in [1.54, 1.807) is 24.3 Å². The lowest BCUT2D eigenvalue weighted by Crippen LogP contribution is -2.19. The number of anilines is 2. The Bertz CT molecular complexity index is 1250. The molecule has 34 heavy (non-hydrogen) atoms. The van der Waals surface area contributed by atoms with Crippen molar-refractivity contribution in [3.8, 4) is 0 Å². The number of nitrogens with zero attached hydrogens (tertiary/aromatic N) is 2. The largest absolute Gasteiger partial charge is 0.360 e. The summed E-state index contributed by atoms with van der Waals surface area (Å²) in [5, 5.41) is 15.0. The van der Waals surface area contributed by atoms with Gasteiger partial charge in [0.2, 0.25) is 11.0 Å². The Labute approximate surface area is 206 Å². The van der Waals surface area contributed by atoms with E-state index in [1.165, 1.54) is 35.6 Å². The fourth-order valence-corrected chi connectivity index (χ4v) is 5.28. The molecule has 172 valence electrons. The molecule has 0 fully saturated rings. The van der Waals surface area contributed by atoms with Crippen LogP contribution in [0.25, 0.3) is 0 Å². The maximum atomic E-state index is 13.3. The van der Waals surface area contributed by atoms with Gasteiger partial charge >= 0.3 is 0 Å². The van der Waals surface area contributed by atoms with Crippen molar-refractivity contribution < 1.29 is 9.59 Å². The molecule has 4 aromatic rings. The Morgan fingerprint density at radius 1 is 0.941 bits per heavy atom. The molecule has 0 radical (unpaired) electrons. The average molecular weight is 489 g/mol. The molecule has 1 atom stereocenters. The quantitative estimate of drug-likeness (QED) is 0.215. The van der Waals surface area contributed by atoms with E-state index >= 15 is 0 Å². The Morgan fingerprint density at radius 2 is 1.68 bits per heavy atom. The van der Waals surface area contributed by atoms with E-state index in [0.29, 0.717) is 15.6 Å². The summed E-state index contributed by atoms with van der Waals surface area (Å²) < 4.78 is 0.698. The highest BCUT2D eigenvalue weighted by atomic mass is 32.2. The predicted molar refractivity (Wildman–Crippen MR) is 139 cm³/mol. The fourth-order valence-electron chi connectivity index (χ4n) is 3.31. The van der Waals surface area contributed by atoms with E-state index in [4.69, 9.17) is 0 Å². The van der Waals surface area contributed by atoms with Crippen LogP contribution < -0.4 is 10.6 Å². The molecule has 0 bridgehead atoms. The van der Waals surface area contributed by atoms with E-state index < -0.39 is 5.25 Å². The number of carbonyl (C=O) groups excluding carboxylic acids is 2. The zero-order valence-electron chi connectivity index (χ0n) is 18.6. The van der Waals surface area contributed by atoms with Crippen molar-refractivity contribution in [2.24, 2.45) is 0 Å². The van der Waals surface area contributed by atoms with E-state index in [0.717, 1.165) is 23.7 Å². The van der Waals surface area contributed by atoms with E-state index in [-0.39, 0.29) is 11.7 Å². The van der Waals surface area contributed by atoms with Gasteiger partial charge in [-0.15, -0.1) is 10.2 Å². The summed E-state index contributed by atoms with van der Waals surface area (Å²) in [6, 6.07) is 26.8. The number of aromatic nitrogens is 2. The van der Waals surface area contributed by atoms with Gasteiger partial charge in [-0.1, -0.05) is 95.9 Å². The lowest BCUT2D eigenvalue weighted by atomic mass is 10.1. The molecule has 0 saturated carbocycles. The summed E-state index contributed by atoms with van der Waals surface area (Å²) in [5.41, 5.74) is 3.25. The maximum Gasteiger partial charge on any atom is 0.242 e. The molecule has 6 nitrogen and oxygen atoms in total. The van der Waals surface area contributed by atoms with Gasteiger partial charge in [-0.2, -0.15) is 0 Å². The van der Waals surface area contributed by atoms with Gasteiger partial charge in [-0.05, 0) is 36.6 Å². The highest BCUT2D eigenvalue weighted by Gasteiger charge is 2.24. The van der Waals surface area contributed by atoms with Crippen LogP contribution >= 0.6 is 23.1 Å². The highest BCUT2D eigenvalue weighted by molar-refractivity contribution is 8.02. The fraction of sp³-hybridized carbons (Fsp3) is 0.154. The number of thioether (sulfide) groups is 1. The van der Waals surface area contributed by atoms with Gasteiger partial charge in [-0.3, -0.25) is 9.59 Å². The first-order chi connectivity index (χ1) is 16.6. The van der Waals surface area contributed by atoms with Crippen LogP contribution in [0.1, 0.15) is 33.7 Å². The molecule has 2 N–H and O–H groups in total. The summed E-state index contributed by atoms with van der Waals surface area (Å²) in [6.07, 6.45) is 0.886. The topological polar surface area (TPSA) is 84.0 Å². The molecule has 1 aromatic heterocycles. The van der Waals surface area contributed by atoms with E-state index in [2.05, 4.69) is 33.0 Å². The number of hydrogen-bond acceptors (Lipinski definition) is 7. The minimum absolute atomic E-state index is 0.0498. The number of benzene rings is 3. The second-order valence-electron chi connectivity index (χ2n) is 7.57. The molecule has 0 saturated heterocycles. The van der Waals surface area contributed by atoms with Crippen molar-refractivity contribution in [2.75, 3.05) is 17.2 Å². The first-order valence-electron chi connectivity index (χ1n) is 10.8. The second kappa shape index (κ2) is 11.6. The van der Waals surface area contributed by atoms with Crippen LogP contribution in [-0.4, -0.2) is 28.4 Å². The molecule has 1 heterocycles. The number of rotatable bonds is 10. The smallest absolute Gasteiger partial charge is 0.242 e. The van der Waals surface area contributed by atoms with Crippen molar-refractivity contribution in [3.05, 3.63) is 102 Å². The third-order valence-electron chi connectivity index (χ3n) is 5.03. The molecule has 8 heteroatoms. The van der Waals surface area contributed by atoms with Crippen molar-refractivity contribution >= 4 is 45.6 Å². The Hall–Kier alpha value is -3.49. The van der Waals surface area contributed by atoms with Gasteiger partial charge in [0, 0.05) is 17.8 Å². The molecule has 3 aromatic carbocycles. The van der Waals surface area contributed by atoms with Crippen LogP contribution in [-0.2, 0) is 11.2 Å². The van der Waals surface area contributed by atoms with Crippen LogP contribution in [0.15, 0.2) is 89.3 Å². The number of hydrogen-bond donors (Lipinski definition) is 2. The van der Waals surface area contributed by atoms with Crippen molar-refractivity contribution in [1.29, 1.82) is 0 Å². The lowest BCUT2D eigenvalue weighted by molar-refractivity contribution is -0.115. The molecule has 0 aliphatic rings. The van der Waals surface area contributed by atoms with E-state index in [9.17, 15) is 9.59 Å². The van der Waals surface area contributed by atoms with Crippen molar-refractivity contribution in [2.45, 2.75) is 22.9 Å². The number of ketones is 1. The van der Waals surface area contributed by atoms with Crippen LogP contribution in [0.4, 0.5) is 10.8 Å². The Morgan fingerprint density at radius 3 is 2.41 bits per heavy atom. The van der Waals surface area contributed by atoms with Gasteiger partial charge in [0.05, 0.1) is 0 Å². The minimum atomic E-state index is -0.521. The molecule has 4 rings (SSSR count). The second-order valence-corrected chi connectivity index (χ2v) is 9.90. The molecule has 0 aliphatic carbocycles. The third-order valence-corrected chi connectivity index (χ3v) is 7.25. The number of amides is 1. The summed E-state index contributed by atoms with van der Waals surface area (Å²) in [5.74, 6) is -0.239. The summed E-state index contributed by atoms with van der Waals surface area (Å²) in [7, 11) is 0. The molecule has 0 aliphatic heterocycles. The zero-order chi connectivity index (χ0) is 23.8. The van der Waals surface area contributed by atoms with Crippen LogP contribution in [0.5, 0.6) is 0 Å². The lowest BCUT2D eigenvalue weighted by Gasteiger charge is -2.16. The zero-order valence-corrected chi connectivity index (χ0v) is 20.2.